The molecule has 3 N–H and O–H groups in total. The molecule has 0 saturated carbocycles. The molecule has 1 aliphatic heterocycles. The standard InChI is InChI=1S/C21H23F4N5O/c1-3-21(24,25)15-6-7-16(30-10-9-27-13(12-30)11-20(2,22)23)29-17(15)18(31)14-5-4-8-28-19(14)26/h3-8,13,27H,1,9-12H2,2H3,(H2,26,28). The van der Waals surface area contributed by atoms with Crippen molar-refractivity contribution in [2.45, 2.75) is 31.2 Å². The Hall–Kier alpha value is -3.01. The number of nitrogen functional groups attached to an aromatic ring is 1. The maximum atomic E-state index is 14.5. The van der Waals surface area contributed by atoms with Crippen molar-refractivity contribution in [1.29, 1.82) is 0 Å². The van der Waals surface area contributed by atoms with E-state index < -0.39 is 34.9 Å². The number of nitrogens with two attached hydrogens (primary N) is 1. The van der Waals surface area contributed by atoms with Crippen molar-refractivity contribution in [3.05, 3.63) is 59.9 Å². The van der Waals surface area contributed by atoms with Gasteiger partial charge < -0.3 is 16.0 Å². The van der Waals surface area contributed by atoms with E-state index in [0.717, 1.165) is 13.0 Å². The first-order valence-electron chi connectivity index (χ1n) is 9.66. The van der Waals surface area contributed by atoms with Gasteiger partial charge in [0.05, 0.1) is 11.1 Å². The zero-order chi connectivity index (χ0) is 22.8. The van der Waals surface area contributed by atoms with Crippen LogP contribution in [0, 0.1) is 0 Å². The Morgan fingerprint density at radius 3 is 2.74 bits per heavy atom. The topological polar surface area (TPSA) is 84.1 Å². The normalized spacial score (nSPS) is 17.5. The van der Waals surface area contributed by atoms with E-state index >= 15 is 0 Å². The average molecular weight is 437 g/mol. The van der Waals surface area contributed by atoms with Gasteiger partial charge in [-0.3, -0.25) is 4.79 Å². The number of hydrogen-bond acceptors (Lipinski definition) is 6. The summed E-state index contributed by atoms with van der Waals surface area (Å²) in [6.07, 6.45) is 1.42. The Labute approximate surface area is 177 Å². The van der Waals surface area contributed by atoms with Gasteiger partial charge in [-0.15, -0.1) is 0 Å². The second-order valence-electron chi connectivity index (χ2n) is 7.53. The zero-order valence-corrected chi connectivity index (χ0v) is 16.9. The Bertz CT molecular complexity index is 976. The number of nitrogens with one attached hydrogen (secondary N) is 1. The van der Waals surface area contributed by atoms with E-state index in [-0.39, 0.29) is 30.2 Å². The highest BCUT2D eigenvalue weighted by atomic mass is 19.3. The lowest BCUT2D eigenvalue weighted by molar-refractivity contribution is 0.00243. The molecule has 10 heteroatoms. The molecule has 0 spiro atoms. The van der Waals surface area contributed by atoms with Gasteiger partial charge in [0.1, 0.15) is 17.3 Å². The molecular formula is C21H23F4N5O. The third-order valence-corrected chi connectivity index (χ3v) is 4.98. The van der Waals surface area contributed by atoms with Gasteiger partial charge in [0.15, 0.2) is 0 Å². The van der Waals surface area contributed by atoms with Crippen molar-refractivity contribution in [3.63, 3.8) is 0 Å². The number of allylic oxidation sites excluding steroid dienone is 1. The summed E-state index contributed by atoms with van der Waals surface area (Å²) in [5.41, 5.74) is 4.59. The molecule has 3 rings (SSSR count). The molecule has 166 valence electrons. The Morgan fingerprint density at radius 2 is 2.10 bits per heavy atom. The molecule has 0 bridgehead atoms. The molecule has 2 aromatic heterocycles. The maximum absolute atomic E-state index is 14.5. The second-order valence-corrected chi connectivity index (χ2v) is 7.53. The van der Waals surface area contributed by atoms with Gasteiger partial charge in [-0.05, 0) is 37.3 Å². The number of pyridine rings is 2. The van der Waals surface area contributed by atoms with Gasteiger partial charge in [-0.2, -0.15) is 8.78 Å². The number of nitrogens with zero attached hydrogens (tertiary/aromatic N) is 3. The molecule has 2 aromatic rings. The lowest BCUT2D eigenvalue weighted by atomic mass is 9.99. The summed E-state index contributed by atoms with van der Waals surface area (Å²) in [4.78, 5) is 22.8. The third-order valence-electron chi connectivity index (χ3n) is 4.98. The molecule has 0 aromatic carbocycles. The van der Waals surface area contributed by atoms with Gasteiger partial charge in [0.25, 0.3) is 5.92 Å². The highest BCUT2D eigenvalue weighted by Crippen LogP contribution is 2.34. The van der Waals surface area contributed by atoms with Crippen LogP contribution < -0.4 is 16.0 Å². The summed E-state index contributed by atoms with van der Waals surface area (Å²) >= 11 is 0. The number of halogens is 4. The predicted molar refractivity (Wildman–Crippen MR) is 110 cm³/mol. The number of anilines is 2. The molecule has 0 amide bonds. The SMILES string of the molecule is C=CC(F)(F)c1ccc(N2CCNC(CC(C)(F)F)C2)nc1C(=O)c1cccnc1N. The van der Waals surface area contributed by atoms with Gasteiger partial charge >= 0.3 is 0 Å². The average Bonchev–Trinajstić information content (AvgIpc) is 2.72. The summed E-state index contributed by atoms with van der Waals surface area (Å²) < 4.78 is 55.8. The summed E-state index contributed by atoms with van der Waals surface area (Å²) in [5, 5.41) is 3.02. The Kier molecular flexibility index (Phi) is 6.30. The Morgan fingerprint density at radius 1 is 1.35 bits per heavy atom. The van der Waals surface area contributed by atoms with Gasteiger partial charge in [0, 0.05) is 38.3 Å². The fraction of sp³-hybridized carbons (Fsp3) is 0.381. The van der Waals surface area contributed by atoms with Crippen LogP contribution in [0.3, 0.4) is 0 Å². The van der Waals surface area contributed by atoms with Crippen LogP contribution in [0.15, 0.2) is 43.1 Å². The van der Waals surface area contributed by atoms with Crippen LogP contribution in [-0.4, -0.2) is 47.3 Å². The first-order valence-corrected chi connectivity index (χ1v) is 9.66. The highest BCUT2D eigenvalue weighted by Gasteiger charge is 2.35. The minimum absolute atomic E-state index is 0.0583. The van der Waals surface area contributed by atoms with Crippen LogP contribution >= 0.6 is 0 Å². The van der Waals surface area contributed by atoms with Crippen molar-refractivity contribution < 1.29 is 22.4 Å². The third kappa shape index (κ3) is 5.19. The van der Waals surface area contributed by atoms with Crippen LogP contribution in [0.2, 0.25) is 0 Å². The minimum atomic E-state index is -3.51. The van der Waals surface area contributed by atoms with Crippen molar-refractivity contribution >= 4 is 17.4 Å². The summed E-state index contributed by atoms with van der Waals surface area (Å²) in [5.74, 6) is -7.05. The quantitative estimate of drug-likeness (QED) is 0.393. The van der Waals surface area contributed by atoms with Gasteiger partial charge in [-0.25, -0.2) is 18.7 Å². The molecule has 1 saturated heterocycles. The molecule has 6 nitrogen and oxygen atoms in total. The molecule has 0 radical (unpaired) electrons. The number of ketones is 1. The fourth-order valence-electron chi connectivity index (χ4n) is 3.52. The number of aromatic nitrogens is 2. The van der Waals surface area contributed by atoms with Crippen LogP contribution in [0.25, 0.3) is 0 Å². The van der Waals surface area contributed by atoms with E-state index in [0.29, 0.717) is 19.2 Å². The molecule has 1 fully saturated rings. The van der Waals surface area contributed by atoms with E-state index in [2.05, 4.69) is 21.9 Å². The number of rotatable bonds is 7. The van der Waals surface area contributed by atoms with Gasteiger partial charge in [0.2, 0.25) is 11.7 Å². The minimum Gasteiger partial charge on any atom is -0.383 e. The Balaban J connectivity index is 2.01. The first-order chi connectivity index (χ1) is 14.5. The van der Waals surface area contributed by atoms with Crippen molar-refractivity contribution in [3.8, 4) is 0 Å². The molecular weight excluding hydrogens is 414 g/mol. The summed E-state index contributed by atoms with van der Waals surface area (Å²) in [6, 6.07) is 4.78. The fourth-order valence-corrected chi connectivity index (χ4v) is 3.52. The van der Waals surface area contributed by atoms with E-state index in [4.69, 9.17) is 5.73 Å². The number of alkyl halides is 4. The van der Waals surface area contributed by atoms with E-state index in [9.17, 15) is 22.4 Å². The molecule has 1 atom stereocenters. The van der Waals surface area contributed by atoms with Crippen LogP contribution in [0.5, 0.6) is 0 Å². The van der Waals surface area contributed by atoms with Crippen molar-refractivity contribution in [1.82, 2.24) is 15.3 Å². The lowest BCUT2D eigenvalue weighted by Gasteiger charge is -2.35. The summed E-state index contributed by atoms with van der Waals surface area (Å²) in [7, 11) is 0. The lowest BCUT2D eigenvalue weighted by Crippen LogP contribution is -2.52. The number of carbonyl (C=O) groups excluding carboxylic acids is 1. The van der Waals surface area contributed by atoms with Crippen molar-refractivity contribution in [2.75, 3.05) is 30.3 Å². The monoisotopic (exact) mass is 437 g/mol. The smallest absolute Gasteiger partial charge is 0.293 e. The molecule has 0 aliphatic carbocycles. The van der Waals surface area contributed by atoms with E-state index in [1.807, 2.05) is 0 Å². The van der Waals surface area contributed by atoms with Gasteiger partial charge in [-0.1, -0.05) is 6.58 Å². The van der Waals surface area contributed by atoms with E-state index in [1.54, 1.807) is 4.90 Å². The van der Waals surface area contributed by atoms with Crippen molar-refractivity contribution in [2.24, 2.45) is 0 Å². The molecule has 1 aliphatic rings. The molecule has 31 heavy (non-hydrogen) atoms. The number of piperazine rings is 1. The molecule has 3 heterocycles. The predicted octanol–water partition coefficient (Wildman–Crippen LogP) is 3.39. The first kappa shape index (κ1) is 22.7. The van der Waals surface area contributed by atoms with Crippen LogP contribution in [0.1, 0.15) is 35.0 Å². The van der Waals surface area contributed by atoms with Crippen LogP contribution in [-0.2, 0) is 5.92 Å². The number of carbonyl (C=O) groups is 1. The maximum Gasteiger partial charge on any atom is 0.293 e. The zero-order valence-electron chi connectivity index (χ0n) is 16.9. The number of hydrogen-bond donors (Lipinski definition) is 2. The highest BCUT2D eigenvalue weighted by molar-refractivity contribution is 6.11. The molecule has 1 unspecified atom stereocenters. The van der Waals surface area contributed by atoms with Crippen LogP contribution in [0.4, 0.5) is 29.2 Å². The largest absolute Gasteiger partial charge is 0.383 e. The summed E-state index contributed by atoms with van der Waals surface area (Å²) in [6.45, 7) is 4.99. The van der Waals surface area contributed by atoms with E-state index in [1.165, 1.54) is 24.4 Å². The second kappa shape index (κ2) is 8.62.